The normalized spacial score (nSPS) is 11.0. The second kappa shape index (κ2) is 7.94. The predicted octanol–water partition coefficient (Wildman–Crippen LogP) is 4.12. The highest BCUT2D eigenvalue weighted by molar-refractivity contribution is 7.98. The van der Waals surface area contributed by atoms with E-state index in [-0.39, 0.29) is 0 Å². The summed E-state index contributed by atoms with van der Waals surface area (Å²) in [7, 11) is 1.64. The van der Waals surface area contributed by atoms with Crippen LogP contribution in [-0.4, -0.2) is 28.2 Å². The van der Waals surface area contributed by atoms with Crippen LogP contribution in [0.15, 0.2) is 64.9 Å². The number of aromatic amines is 1. The number of methoxy groups -OCH3 is 1. The van der Waals surface area contributed by atoms with Crippen molar-refractivity contribution >= 4 is 30.2 Å². The maximum absolute atomic E-state index is 5.26. The number of ether oxygens (including phenoxy) is 1. The molecule has 0 amide bonds. The summed E-state index contributed by atoms with van der Waals surface area (Å²) in [5, 5.41) is 12.2. The van der Waals surface area contributed by atoms with Crippen LogP contribution in [0.5, 0.6) is 5.75 Å². The molecule has 0 spiro atoms. The molecule has 0 saturated heterocycles. The Balaban J connectivity index is 1.77. The highest BCUT2D eigenvalue weighted by Crippen LogP contribution is 2.21. The van der Waals surface area contributed by atoms with Gasteiger partial charge in [0.05, 0.1) is 13.3 Å². The van der Waals surface area contributed by atoms with Crippen molar-refractivity contribution in [2.45, 2.75) is 10.9 Å². The van der Waals surface area contributed by atoms with E-state index in [1.807, 2.05) is 42.5 Å². The van der Waals surface area contributed by atoms with Gasteiger partial charge in [0.15, 0.2) is 0 Å². The Morgan fingerprint density at radius 1 is 1.25 bits per heavy atom. The molecule has 0 atom stereocenters. The van der Waals surface area contributed by atoms with Gasteiger partial charge in [-0.15, -0.1) is 5.10 Å². The zero-order valence-corrected chi connectivity index (χ0v) is 14.7. The summed E-state index contributed by atoms with van der Waals surface area (Å²) < 4.78 is 7.31. The van der Waals surface area contributed by atoms with Crippen LogP contribution < -0.4 is 4.74 Å². The molecule has 0 saturated carbocycles. The lowest BCUT2D eigenvalue weighted by atomic mass is 10.2. The van der Waals surface area contributed by atoms with Crippen molar-refractivity contribution in [3.05, 3.63) is 70.5 Å². The fraction of sp³-hybridized carbons (Fsp3) is 0.118. The van der Waals surface area contributed by atoms with Gasteiger partial charge in [-0.1, -0.05) is 54.2 Å². The van der Waals surface area contributed by atoms with Crippen molar-refractivity contribution in [1.82, 2.24) is 14.9 Å². The molecule has 2 aromatic carbocycles. The van der Waals surface area contributed by atoms with Crippen molar-refractivity contribution < 1.29 is 4.74 Å². The van der Waals surface area contributed by atoms with Gasteiger partial charge in [-0.2, -0.15) is 9.78 Å². The van der Waals surface area contributed by atoms with Crippen molar-refractivity contribution in [2.24, 2.45) is 5.10 Å². The van der Waals surface area contributed by atoms with Crippen molar-refractivity contribution in [1.29, 1.82) is 0 Å². The van der Waals surface area contributed by atoms with E-state index in [0.29, 0.717) is 4.77 Å². The van der Waals surface area contributed by atoms with Crippen molar-refractivity contribution in [2.75, 3.05) is 7.11 Å². The molecular weight excluding hydrogens is 340 g/mol. The number of H-pyrrole nitrogens is 1. The Morgan fingerprint density at radius 3 is 2.88 bits per heavy atom. The molecule has 0 bridgehead atoms. The number of rotatable bonds is 6. The molecule has 0 aliphatic carbocycles. The van der Waals surface area contributed by atoms with Gasteiger partial charge in [0.25, 0.3) is 0 Å². The average molecular weight is 356 g/mol. The second-order valence-electron chi connectivity index (χ2n) is 4.92. The van der Waals surface area contributed by atoms with Crippen LogP contribution in [-0.2, 0) is 5.75 Å². The Bertz CT molecular complexity index is 887. The number of hydrogen-bond acceptors (Lipinski definition) is 5. The number of aromatic nitrogens is 3. The smallest absolute Gasteiger partial charge is 0.217 e. The first-order valence-electron chi connectivity index (χ1n) is 7.29. The van der Waals surface area contributed by atoms with Crippen LogP contribution in [0, 0.1) is 4.77 Å². The second-order valence-corrected chi connectivity index (χ2v) is 6.25. The van der Waals surface area contributed by atoms with E-state index in [1.54, 1.807) is 29.8 Å². The summed E-state index contributed by atoms with van der Waals surface area (Å²) in [4.78, 5) is 0. The Labute approximate surface area is 149 Å². The quantitative estimate of drug-likeness (QED) is 0.410. The van der Waals surface area contributed by atoms with Gasteiger partial charge in [-0.05, 0) is 35.5 Å². The lowest BCUT2D eigenvalue weighted by molar-refractivity contribution is 0.414. The van der Waals surface area contributed by atoms with Crippen LogP contribution in [0.1, 0.15) is 11.1 Å². The van der Waals surface area contributed by atoms with E-state index in [0.717, 1.165) is 22.2 Å². The molecular formula is C17H16N4OS2. The van der Waals surface area contributed by atoms with E-state index in [2.05, 4.69) is 27.4 Å². The summed E-state index contributed by atoms with van der Waals surface area (Å²) in [5.41, 5.74) is 2.15. The van der Waals surface area contributed by atoms with Gasteiger partial charge in [0, 0.05) is 5.75 Å². The fourth-order valence-electron chi connectivity index (χ4n) is 2.04. The Kier molecular flexibility index (Phi) is 5.45. The van der Waals surface area contributed by atoms with Crippen LogP contribution in [0.4, 0.5) is 0 Å². The highest BCUT2D eigenvalue weighted by Gasteiger charge is 2.06. The van der Waals surface area contributed by atoms with Crippen molar-refractivity contribution in [3.8, 4) is 5.75 Å². The van der Waals surface area contributed by atoms with Gasteiger partial charge >= 0.3 is 0 Å². The van der Waals surface area contributed by atoms with E-state index >= 15 is 0 Å². The van der Waals surface area contributed by atoms with Gasteiger partial charge in [0.1, 0.15) is 5.75 Å². The number of hydrogen-bond donors (Lipinski definition) is 1. The molecule has 0 unspecified atom stereocenters. The maximum Gasteiger partial charge on any atom is 0.217 e. The van der Waals surface area contributed by atoms with Gasteiger partial charge in [-0.3, -0.25) is 0 Å². The number of thioether (sulfide) groups is 1. The average Bonchev–Trinajstić information content (AvgIpc) is 2.99. The summed E-state index contributed by atoms with van der Waals surface area (Å²) in [6.07, 6.45) is 1.74. The third-order valence-electron chi connectivity index (χ3n) is 3.25. The van der Waals surface area contributed by atoms with E-state index in [9.17, 15) is 0 Å². The molecule has 1 N–H and O–H groups in total. The lowest BCUT2D eigenvalue weighted by Crippen LogP contribution is -1.94. The maximum atomic E-state index is 5.26. The number of benzene rings is 2. The minimum atomic E-state index is 0.463. The summed E-state index contributed by atoms with van der Waals surface area (Å²) in [5.74, 6) is 1.59. The van der Waals surface area contributed by atoms with Crippen LogP contribution in [0.25, 0.3) is 0 Å². The largest absolute Gasteiger partial charge is 0.497 e. The van der Waals surface area contributed by atoms with E-state index in [4.69, 9.17) is 17.0 Å². The third kappa shape index (κ3) is 4.12. The summed E-state index contributed by atoms with van der Waals surface area (Å²) in [6, 6.07) is 17.9. The zero-order valence-electron chi connectivity index (χ0n) is 13.0. The molecule has 122 valence electrons. The third-order valence-corrected chi connectivity index (χ3v) is 4.51. The molecule has 0 aliphatic heterocycles. The predicted molar refractivity (Wildman–Crippen MR) is 99.4 cm³/mol. The first kappa shape index (κ1) is 16.5. The zero-order chi connectivity index (χ0) is 16.8. The SMILES string of the molecule is COc1cccc(/C=N\n2c(SCc3ccccc3)n[nH]c2=S)c1. The minimum absolute atomic E-state index is 0.463. The van der Waals surface area contributed by atoms with Crippen LogP contribution in [0.2, 0.25) is 0 Å². The summed E-state index contributed by atoms with van der Waals surface area (Å²) in [6.45, 7) is 0. The minimum Gasteiger partial charge on any atom is -0.497 e. The van der Waals surface area contributed by atoms with Gasteiger partial charge in [-0.25, -0.2) is 5.10 Å². The Hall–Kier alpha value is -2.38. The van der Waals surface area contributed by atoms with Crippen molar-refractivity contribution in [3.63, 3.8) is 0 Å². The molecule has 3 aromatic rings. The van der Waals surface area contributed by atoms with E-state index in [1.165, 1.54) is 5.56 Å². The molecule has 1 aromatic heterocycles. The fourth-order valence-corrected chi connectivity index (χ4v) is 3.14. The molecule has 3 rings (SSSR count). The molecule has 24 heavy (non-hydrogen) atoms. The lowest BCUT2D eigenvalue weighted by Gasteiger charge is -2.02. The molecule has 0 aliphatic rings. The molecule has 5 nitrogen and oxygen atoms in total. The van der Waals surface area contributed by atoms with Crippen LogP contribution in [0.3, 0.4) is 0 Å². The highest BCUT2D eigenvalue weighted by atomic mass is 32.2. The standard InChI is InChI=1S/C17H16N4OS2/c1-22-15-9-5-8-14(10-15)11-18-21-16(23)19-20-17(21)24-12-13-6-3-2-4-7-13/h2-11H,12H2,1H3,(H,19,23)/b18-11-. The molecule has 0 fully saturated rings. The first-order valence-corrected chi connectivity index (χ1v) is 8.68. The topological polar surface area (TPSA) is 55.2 Å². The molecule has 7 heteroatoms. The van der Waals surface area contributed by atoms with E-state index < -0.39 is 0 Å². The monoisotopic (exact) mass is 356 g/mol. The first-order chi connectivity index (χ1) is 11.8. The number of nitrogens with zero attached hydrogens (tertiary/aromatic N) is 3. The number of nitrogens with one attached hydrogen (secondary N) is 1. The molecule has 0 radical (unpaired) electrons. The van der Waals surface area contributed by atoms with Gasteiger partial charge < -0.3 is 4.74 Å². The summed E-state index contributed by atoms with van der Waals surface area (Å²) >= 11 is 6.84. The Morgan fingerprint density at radius 2 is 2.08 bits per heavy atom. The molecule has 1 heterocycles. The van der Waals surface area contributed by atoms with Crippen LogP contribution >= 0.6 is 24.0 Å². The van der Waals surface area contributed by atoms with Gasteiger partial charge in [0.2, 0.25) is 9.93 Å².